The Bertz CT molecular complexity index is 585. The highest BCUT2D eigenvalue weighted by Gasteiger charge is 2.24. The number of anilines is 2. The Morgan fingerprint density at radius 3 is 3.00 bits per heavy atom. The standard InChI is InChI=1S/C15H19N3O/c1-19-11-5-4-10(9-11)18-14-7-6-13-12(15(14)16)3-2-8-17-13/h2-3,6-8,10-11,18H,4-5,9,16H2,1H3. The Hall–Kier alpha value is -1.81. The molecule has 4 heteroatoms. The van der Waals surface area contributed by atoms with Gasteiger partial charge in [-0.3, -0.25) is 4.98 Å². The van der Waals surface area contributed by atoms with Gasteiger partial charge in [-0.15, -0.1) is 0 Å². The fraction of sp³-hybridized carbons (Fsp3) is 0.400. The van der Waals surface area contributed by atoms with E-state index in [2.05, 4.69) is 10.3 Å². The molecule has 0 saturated heterocycles. The van der Waals surface area contributed by atoms with Crippen LogP contribution in [0.4, 0.5) is 11.4 Å². The smallest absolute Gasteiger partial charge is 0.0724 e. The van der Waals surface area contributed by atoms with Crippen LogP contribution in [0.5, 0.6) is 0 Å². The first kappa shape index (κ1) is 12.2. The minimum Gasteiger partial charge on any atom is -0.397 e. The molecule has 100 valence electrons. The molecular weight excluding hydrogens is 238 g/mol. The second kappa shape index (κ2) is 5.05. The molecule has 1 aliphatic carbocycles. The lowest BCUT2D eigenvalue weighted by molar-refractivity contribution is 0.108. The fourth-order valence-corrected chi connectivity index (χ4v) is 2.81. The quantitative estimate of drug-likeness (QED) is 0.830. The van der Waals surface area contributed by atoms with Crippen LogP contribution in [0.15, 0.2) is 30.5 Å². The summed E-state index contributed by atoms with van der Waals surface area (Å²) >= 11 is 0. The van der Waals surface area contributed by atoms with Gasteiger partial charge in [-0.25, -0.2) is 0 Å². The number of nitrogen functional groups attached to an aromatic ring is 1. The Morgan fingerprint density at radius 1 is 1.32 bits per heavy atom. The van der Waals surface area contributed by atoms with E-state index in [-0.39, 0.29) is 0 Å². The highest BCUT2D eigenvalue weighted by Crippen LogP contribution is 2.31. The van der Waals surface area contributed by atoms with Gasteiger partial charge in [-0.1, -0.05) is 0 Å². The van der Waals surface area contributed by atoms with Gasteiger partial charge in [-0.2, -0.15) is 0 Å². The molecule has 0 aliphatic heterocycles. The van der Waals surface area contributed by atoms with Crippen molar-refractivity contribution in [3.05, 3.63) is 30.5 Å². The second-order valence-electron chi connectivity index (χ2n) is 5.11. The molecule has 1 aromatic heterocycles. The zero-order chi connectivity index (χ0) is 13.2. The summed E-state index contributed by atoms with van der Waals surface area (Å²) in [6.07, 6.45) is 5.45. The largest absolute Gasteiger partial charge is 0.397 e. The van der Waals surface area contributed by atoms with Crippen LogP contribution in [0.25, 0.3) is 10.9 Å². The number of ether oxygens (including phenoxy) is 1. The predicted molar refractivity (Wildman–Crippen MR) is 78.2 cm³/mol. The first-order chi connectivity index (χ1) is 9.28. The van der Waals surface area contributed by atoms with Crippen LogP contribution in [0.3, 0.4) is 0 Å². The van der Waals surface area contributed by atoms with Crippen molar-refractivity contribution >= 4 is 22.3 Å². The first-order valence-electron chi connectivity index (χ1n) is 6.70. The van der Waals surface area contributed by atoms with Crippen molar-refractivity contribution < 1.29 is 4.74 Å². The van der Waals surface area contributed by atoms with Gasteiger partial charge >= 0.3 is 0 Å². The number of nitrogens with two attached hydrogens (primary N) is 1. The van der Waals surface area contributed by atoms with Crippen LogP contribution >= 0.6 is 0 Å². The third-order valence-corrected chi connectivity index (χ3v) is 3.90. The maximum absolute atomic E-state index is 6.23. The number of benzene rings is 1. The molecule has 1 aromatic carbocycles. The van der Waals surface area contributed by atoms with Crippen molar-refractivity contribution in [3.8, 4) is 0 Å². The number of nitrogens with zero attached hydrogens (tertiary/aromatic N) is 1. The van der Waals surface area contributed by atoms with Crippen molar-refractivity contribution in [2.45, 2.75) is 31.4 Å². The molecule has 19 heavy (non-hydrogen) atoms. The molecule has 1 heterocycles. The van der Waals surface area contributed by atoms with E-state index in [1.165, 1.54) is 0 Å². The lowest BCUT2D eigenvalue weighted by Crippen LogP contribution is -2.18. The molecule has 1 aliphatic rings. The average molecular weight is 257 g/mol. The first-order valence-corrected chi connectivity index (χ1v) is 6.70. The summed E-state index contributed by atoms with van der Waals surface area (Å²) in [7, 11) is 1.78. The van der Waals surface area contributed by atoms with Crippen molar-refractivity contribution in [1.82, 2.24) is 4.98 Å². The van der Waals surface area contributed by atoms with Crippen LogP contribution in [0, 0.1) is 0 Å². The van der Waals surface area contributed by atoms with E-state index < -0.39 is 0 Å². The van der Waals surface area contributed by atoms with E-state index in [4.69, 9.17) is 10.5 Å². The molecule has 1 fully saturated rings. The van der Waals surface area contributed by atoms with E-state index in [9.17, 15) is 0 Å². The molecule has 4 nitrogen and oxygen atoms in total. The molecule has 0 amide bonds. The number of fused-ring (bicyclic) bond motifs is 1. The summed E-state index contributed by atoms with van der Waals surface area (Å²) in [6, 6.07) is 8.40. The third kappa shape index (κ3) is 2.36. The van der Waals surface area contributed by atoms with Crippen molar-refractivity contribution in [1.29, 1.82) is 0 Å². The highest BCUT2D eigenvalue weighted by molar-refractivity contribution is 5.96. The Labute approximate surface area is 113 Å². The lowest BCUT2D eigenvalue weighted by Gasteiger charge is -2.17. The maximum Gasteiger partial charge on any atom is 0.0724 e. The highest BCUT2D eigenvalue weighted by atomic mass is 16.5. The number of nitrogens with one attached hydrogen (secondary N) is 1. The molecule has 0 radical (unpaired) electrons. The lowest BCUT2D eigenvalue weighted by atomic mass is 10.1. The summed E-state index contributed by atoms with van der Waals surface area (Å²) in [4.78, 5) is 4.31. The molecule has 0 bridgehead atoms. The fourth-order valence-electron chi connectivity index (χ4n) is 2.81. The van der Waals surface area contributed by atoms with Gasteiger partial charge in [0, 0.05) is 24.7 Å². The Balaban J connectivity index is 1.84. The third-order valence-electron chi connectivity index (χ3n) is 3.90. The molecule has 2 unspecified atom stereocenters. The number of methoxy groups -OCH3 is 1. The van der Waals surface area contributed by atoms with Crippen molar-refractivity contribution in [3.63, 3.8) is 0 Å². The monoisotopic (exact) mass is 257 g/mol. The zero-order valence-electron chi connectivity index (χ0n) is 11.1. The molecule has 2 aromatic rings. The summed E-state index contributed by atoms with van der Waals surface area (Å²) in [5, 5.41) is 4.54. The van der Waals surface area contributed by atoms with Gasteiger partial charge in [-0.05, 0) is 43.5 Å². The van der Waals surface area contributed by atoms with Crippen molar-refractivity contribution in [2.75, 3.05) is 18.2 Å². The summed E-state index contributed by atoms with van der Waals surface area (Å²) < 4.78 is 5.40. The number of hydrogen-bond donors (Lipinski definition) is 2. The minimum absolute atomic E-state index is 0.376. The number of rotatable bonds is 3. The molecule has 2 atom stereocenters. The summed E-state index contributed by atoms with van der Waals surface area (Å²) in [5.74, 6) is 0. The Kier molecular flexibility index (Phi) is 3.25. The van der Waals surface area contributed by atoms with Crippen LogP contribution < -0.4 is 11.1 Å². The van der Waals surface area contributed by atoms with Gasteiger partial charge in [0.1, 0.15) is 0 Å². The number of hydrogen-bond acceptors (Lipinski definition) is 4. The molecule has 0 spiro atoms. The molecule has 1 saturated carbocycles. The van der Waals surface area contributed by atoms with Gasteiger partial charge in [0.25, 0.3) is 0 Å². The van der Waals surface area contributed by atoms with E-state index in [0.29, 0.717) is 12.1 Å². The van der Waals surface area contributed by atoms with E-state index in [0.717, 1.165) is 41.5 Å². The zero-order valence-corrected chi connectivity index (χ0v) is 11.1. The summed E-state index contributed by atoms with van der Waals surface area (Å²) in [5.41, 5.74) is 8.95. The Morgan fingerprint density at radius 2 is 2.21 bits per heavy atom. The van der Waals surface area contributed by atoms with Crippen LogP contribution in [0.2, 0.25) is 0 Å². The molecular formula is C15H19N3O. The van der Waals surface area contributed by atoms with Crippen LogP contribution in [-0.2, 0) is 4.74 Å². The van der Waals surface area contributed by atoms with Gasteiger partial charge < -0.3 is 15.8 Å². The predicted octanol–water partition coefficient (Wildman–Crippen LogP) is 2.80. The summed E-state index contributed by atoms with van der Waals surface area (Å²) in [6.45, 7) is 0. The normalized spacial score (nSPS) is 22.8. The number of aromatic nitrogens is 1. The van der Waals surface area contributed by atoms with Crippen molar-refractivity contribution in [2.24, 2.45) is 0 Å². The van der Waals surface area contributed by atoms with Gasteiger partial charge in [0.2, 0.25) is 0 Å². The van der Waals surface area contributed by atoms with E-state index in [1.54, 1.807) is 13.3 Å². The SMILES string of the molecule is COC1CCC(Nc2ccc3ncccc3c2N)C1. The average Bonchev–Trinajstić information content (AvgIpc) is 2.90. The van der Waals surface area contributed by atoms with Gasteiger partial charge in [0.15, 0.2) is 0 Å². The topological polar surface area (TPSA) is 60.2 Å². The minimum atomic E-state index is 0.376. The van der Waals surface area contributed by atoms with E-state index in [1.807, 2.05) is 24.3 Å². The second-order valence-corrected chi connectivity index (χ2v) is 5.11. The van der Waals surface area contributed by atoms with Gasteiger partial charge in [0.05, 0.1) is 23.0 Å². The van der Waals surface area contributed by atoms with Crippen LogP contribution in [-0.4, -0.2) is 24.2 Å². The molecule has 3 rings (SSSR count). The van der Waals surface area contributed by atoms with E-state index >= 15 is 0 Å². The molecule has 3 N–H and O–H groups in total. The number of pyridine rings is 1. The van der Waals surface area contributed by atoms with Crippen LogP contribution in [0.1, 0.15) is 19.3 Å². The maximum atomic E-state index is 6.23.